The van der Waals surface area contributed by atoms with Gasteiger partial charge in [-0.2, -0.15) is 13.2 Å². The zero-order valence-electron chi connectivity index (χ0n) is 17.0. The molecule has 2 amide bonds. The molecule has 0 bridgehead atoms. The second-order valence-corrected chi connectivity index (χ2v) is 8.53. The first kappa shape index (κ1) is 22.0. The molecule has 2 aromatic heterocycles. The van der Waals surface area contributed by atoms with Crippen molar-refractivity contribution in [3.8, 4) is 0 Å². The van der Waals surface area contributed by atoms with Gasteiger partial charge in [-0.25, -0.2) is 4.98 Å². The number of halogens is 3. The van der Waals surface area contributed by atoms with E-state index >= 15 is 0 Å². The Labute approximate surface area is 184 Å². The third-order valence-corrected chi connectivity index (χ3v) is 6.56. The number of fused-ring (bicyclic) bond motifs is 1. The summed E-state index contributed by atoms with van der Waals surface area (Å²) in [6, 6.07) is 4.09. The molecule has 0 atom stereocenters. The van der Waals surface area contributed by atoms with Gasteiger partial charge in [0.2, 0.25) is 5.91 Å². The maximum absolute atomic E-state index is 12.9. The minimum absolute atomic E-state index is 0.121. The van der Waals surface area contributed by atoms with Gasteiger partial charge < -0.3 is 10.2 Å². The summed E-state index contributed by atoms with van der Waals surface area (Å²) in [5.41, 5.74) is -0.622. The molecule has 4 rings (SSSR count). The van der Waals surface area contributed by atoms with Crippen LogP contribution in [0.3, 0.4) is 0 Å². The van der Waals surface area contributed by atoms with Gasteiger partial charge in [0.1, 0.15) is 11.4 Å². The molecule has 1 aromatic carbocycles. The number of nitrogens with one attached hydrogen (secondary N) is 1. The van der Waals surface area contributed by atoms with Crippen LogP contribution in [-0.2, 0) is 17.5 Å². The highest BCUT2D eigenvalue weighted by Crippen LogP contribution is 2.31. The van der Waals surface area contributed by atoms with Gasteiger partial charge in [0.15, 0.2) is 0 Å². The van der Waals surface area contributed by atoms with Crippen molar-refractivity contribution in [3.05, 3.63) is 57.0 Å². The van der Waals surface area contributed by atoms with Crippen molar-refractivity contribution in [3.63, 3.8) is 0 Å². The Morgan fingerprint density at radius 2 is 1.81 bits per heavy atom. The predicted octanol–water partition coefficient (Wildman–Crippen LogP) is 3.66. The number of aromatic nitrogens is 2. The van der Waals surface area contributed by atoms with E-state index < -0.39 is 23.2 Å². The van der Waals surface area contributed by atoms with Crippen LogP contribution in [0.15, 0.2) is 35.4 Å². The van der Waals surface area contributed by atoms with E-state index in [0.717, 1.165) is 36.3 Å². The van der Waals surface area contributed by atoms with Crippen LogP contribution < -0.4 is 10.9 Å². The number of carbonyl (C=O) groups is 2. The Hall–Kier alpha value is -3.21. The molecule has 0 aliphatic carbocycles. The number of amides is 2. The van der Waals surface area contributed by atoms with E-state index in [1.807, 2.05) is 0 Å². The van der Waals surface area contributed by atoms with Crippen LogP contribution in [0, 0.1) is 6.92 Å². The molecule has 1 saturated heterocycles. The van der Waals surface area contributed by atoms with Gasteiger partial charge in [0.05, 0.1) is 22.2 Å². The average Bonchev–Trinajstić information content (AvgIpc) is 3.38. The van der Waals surface area contributed by atoms with Gasteiger partial charge in [0, 0.05) is 18.8 Å². The summed E-state index contributed by atoms with van der Waals surface area (Å²) in [4.78, 5) is 44.6. The molecule has 3 aromatic rings. The first-order valence-corrected chi connectivity index (χ1v) is 10.7. The molecule has 1 fully saturated rings. The number of thiophene rings is 1. The molecule has 0 radical (unpaired) electrons. The second-order valence-electron chi connectivity index (χ2n) is 7.53. The molecule has 0 unspecified atom stereocenters. The Morgan fingerprint density at radius 3 is 2.44 bits per heavy atom. The lowest BCUT2D eigenvalue weighted by atomic mass is 10.2. The lowest BCUT2D eigenvalue weighted by Crippen LogP contribution is -2.34. The first-order valence-electron chi connectivity index (χ1n) is 9.90. The van der Waals surface area contributed by atoms with Crippen LogP contribution in [0.5, 0.6) is 0 Å². The number of nitrogens with zero attached hydrogens (tertiary/aromatic N) is 3. The summed E-state index contributed by atoms with van der Waals surface area (Å²) in [6.45, 7) is 2.84. The maximum atomic E-state index is 12.9. The Morgan fingerprint density at radius 1 is 1.16 bits per heavy atom. The van der Waals surface area contributed by atoms with Gasteiger partial charge >= 0.3 is 6.18 Å². The highest BCUT2D eigenvalue weighted by atomic mass is 32.1. The highest BCUT2D eigenvalue weighted by Gasteiger charge is 2.30. The van der Waals surface area contributed by atoms with Crippen molar-refractivity contribution >= 4 is 39.1 Å². The quantitative estimate of drug-likeness (QED) is 0.639. The van der Waals surface area contributed by atoms with Crippen molar-refractivity contribution < 1.29 is 22.8 Å². The minimum Gasteiger partial charge on any atom is -0.341 e. The normalized spacial score (nSPS) is 14.2. The number of anilines is 1. The summed E-state index contributed by atoms with van der Waals surface area (Å²) < 4.78 is 39.4. The van der Waals surface area contributed by atoms with E-state index in [4.69, 9.17) is 0 Å². The fourth-order valence-electron chi connectivity index (χ4n) is 3.63. The summed E-state index contributed by atoms with van der Waals surface area (Å²) >= 11 is 1.01. The van der Waals surface area contributed by atoms with Crippen LogP contribution in [0.1, 0.15) is 33.6 Å². The van der Waals surface area contributed by atoms with E-state index in [2.05, 4.69) is 10.3 Å². The number of hydrogen-bond donors (Lipinski definition) is 1. The highest BCUT2D eigenvalue weighted by molar-refractivity contribution is 7.20. The van der Waals surface area contributed by atoms with Gasteiger partial charge in [-0.05, 0) is 49.6 Å². The average molecular weight is 464 g/mol. The predicted molar refractivity (Wildman–Crippen MR) is 114 cm³/mol. The lowest BCUT2D eigenvalue weighted by Gasteiger charge is -2.15. The third kappa shape index (κ3) is 4.24. The van der Waals surface area contributed by atoms with E-state index in [0.29, 0.717) is 23.5 Å². The Bertz CT molecular complexity index is 1240. The molecule has 32 heavy (non-hydrogen) atoms. The maximum Gasteiger partial charge on any atom is 0.416 e. The number of aryl methyl sites for hydroxylation is 1. The Balaban J connectivity index is 1.57. The largest absolute Gasteiger partial charge is 0.416 e. The van der Waals surface area contributed by atoms with E-state index in [1.54, 1.807) is 11.8 Å². The molecule has 7 nitrogen and oxygen atoms in total. The molecule has 168 valence electrons. The Kier molecular flexibility index (Phi) is 5.76. The number of likely N-dealkylation sites (tertiary alicyclic amines) is 1. The standard InChI is InChI=1S/C21H19F3N4O3S/c1-12-16-19(25-11-28(20(16)31)10-15(29)27-8-2-3-9-27)32-17(12)18(30)26-14-6-4-13(5-7-14)21(22,23)24/h4-7,11H,2-3,8-10H2,1H3,(H,26,30). The van der Waals surface area contributed by atoms with Crippen molar-refractivity contribution in [1.82, 2.24) is 14.5 Å². The van der Waals surface area contributed by atoms with Gasteiger partial charge in [0.25, 0.3) is 11.5 Å². The van der Waals surface area contributed by atoms with Gasteiger partial charge in [-0.3, -0.25) is 19.0 Å². The first-order chi connectivity index (χ1) is 15.1. The van der Waals surface area contributed by atoms with Crippen LogP contribution in [0.2, 0.25) is 0 Å². The zero-order valence-corrected chi connectivity index (χ0v) is 17.8. The number of hydrogen-bond acceptors (Lipinski definition) is 5. The molecule has 1 aliphatic heterocycles. The SMILES string of the molecule is Cc1c(C(=O)Nc2ccc(C(F)(F)F)cc2)sc2ncn(CC(=O)N3CCCC3)c(=O)c12. The number of alkyl halides is 3. The van der Waals surface area contributed by atoms with Crippen LogP contribution in [0.25, 0.3) is 10.2 Å². The van der Waals surface area contributed by atoms with Gasteiger partial charge in [-0.15, -0.1) is 11.3 Å². The summed E-state index contributed by atoms with van der Waals surface area (Å²) in [5, 5.41) is 2.80. The second kappa shape index (κ2) is 8.38. The molecule has 0 spiro atoms. The van der Waals surface area contributed by atoms with Crippen LogP contribution >= 0.6 is 11.3 Å². The van der Waals surface area contributed by atoms with E-state index in [-0.39, 0.29) is 28.4 Å². The molecule has 1 aliphatic rings. The number of rotatable bonds is 4. The number of carbonyl (C=O) groups excluding carboxylic acids is 2. The topological polar surface area (TPSA) is 84.3 Å². The van der Waals surface area contributed by atoms with Crippen molar-refractivity contribution in [1.29, 1.82) is 0 Å². The van der Waals surface area contributed by atoms with Crippen LogP contribution in [0.4, 0.5) is 18.9 Å². The third-order valence-electron chi connectivity index (χ3n) is 5.36. The molecule has 1 N–H and O–H groups in total. The molecule has 3 heterocycles. The van der Waals surface area contributed by atoms with Crippen molar-refractivity contribution in [2.24, 2.45) is 0 Å². The molecule has 11 heteroatoms. The zero-order chi connectivity index (χ0) is 23.0. The minimum atomic E-state index is -4.47. The van der Waals surface area contributed by atoms with Crippen molar-refractivity contribution in [2.45, 2.75) is 32.5 Å². The van der Waals surface area contributed by atoms with Gasteiger partial charge in [-0.1, -0.05) is 0 Å². The van der Waals surface area contributed by atoms with E-state index in [9.17, 15) is 27.6 Å². The summed E-state index contributed by atoms with van der Waals surface area (Å²) in [6.07, 6.45) is -1.28. The molecule has 0 saturated carbocycles. The molecular formula is C21H19F3N4O3S. The fraction of sp³-hybridized carbons (Fsp3) is 0.333. The van der Waals surface area contributed by atoms with Crippen molar-refractivity contribution in [2.75, 3.05) is 18.4 Å². The fourth-order valence-corrected chi connectivity index (χ4v) is 4.67. The summed E-state index contributed by atoms with van der Waals surface area (Å²) in [7, 11) is 0. The van der Waals surface area contributed by atoms with E-state index in [1.165, 1.54) is 23.0 Å². The monoisotopic (exact) mass is 464 g/mol. The molecular weight excluding hydrogens is 445 g/mol. The van der Waals surface area contributed by atoms with Crippen LogP contribution in [-0.4, -0.2) is 39.4 Å². The smallest absolute Gasteiger partial charge is 0.341 e. The summed E-state index contributed by atoms with van der Waals surface area (Å²) in [5.74, 6) is -0.705. The number of benzene rings is 1. The lowest BCUT2D eigenvalue weighted by molar-refractivity contribution is -0.137.